The van der Waals surface area contributed by atoms with Crippen molar-refractivity contribution in [3.05, 3.63) is 33.8 Å². The van der Waals surface area contributed by atoms with E-state index in [-0.39, 0.29) is 5.41 Å². The number of Topliss-reactive ketones (excluding diaryl/α,β-unsaturated/α-hetero) is 1. The van der Waals surface area contributed by atoms with Crippen molar-refractivity contribution in [1.82, 2.24) is 0 Å². The Morgan fingerprint density at radius 3 is 2.45 bits per heavy atom. The van der Waals surface area contributed by atoms with Gasteiger partial charge in [-0.3, -0.25) is 4.79 Å². The molecule has 1 fully saturated rings. The fourth-order valence-electron chi connectivity index (χ4n) is 3.46. The largest absolute Gasteiger partial charge is 0.299 e. The van der Waals surface area contributed by atoms with Gasteiger partial charge in [0.25, 0.3) is 0 Å². The lowest BCUT2D eigenvalue weighted by Gasteiger charge is -2.29. The van der Waals surface area contributed by atoms with Gasteiger partial charge in [-0.25, -0.2) is 0 Å². The maximum atomic E-state index is 12.8. The van der Waals surface area contributed by atoms with E-state index in [2.05, 4.69) is 13.8 Å². The van der Waals surface area contributed by atoms with E-state index in [1.165, 1.54) is 12.8 Å². The third kappa shape index (κ3) is 3.56. The third-order valence-corrected chi connectivity index (χ3v) is 4.90. The first-order valence-electron chi connectivity index (χ1n) is 7.40. The number of halogens is 2. The molecule has 20 heavy (non-hydrogen) atoms. The Morgan fingerprint density at radius 1 is 1.25 bits per heavy atom. The van der Waals surface area contributed by atoms with E-state index in [1.807, 2.05) is 6.07 Å². The molecule has 110 valence electrons. The lowest BCUT2D eigenvalue weighted by molar-refractivity contribution is -0.128. The standard InChI is InChI=1S/C17H22Cl2O/c1-12(2)11-17(7-3-4-8-17)16(20)9-13-5-6-14(18)10-15(13)19/h5-6,10,12H,3-4,7-9,11H2,1-2H3. The molecule has 1 aromatic carbocycles. The fourth-order valence-corrected chi connectivity index (χ4v) is 3.93. The third-order valence-electron chi connectivity index (χ3n) is 4.32. The molecule has 0 amide bonds. The molecule has 0 N–H and O–H groups in total. The van der Waals surface area contributed by atoms with Gasteiger partial charge >= 0.3 is 0 Å². The van der Waals surface area contributed by atoms with Crippen molar-refractivity contribution in [3.8, 4) is 0 Å². The quantitative estimate of drug-likeness (QED) is 0.680. The summed E-state index contributed by atoms with van der Waals surface area (Å²) >= 11 is 12.1. The van der Waals surface area contributed by atoms with Crippen LogP contribution in [0.2, 0.25) is 10.0 Å². The number of rotatable bonds is 5. The zero-order chi connectivity index (χ0) is 14.8. The van der Waals surface area contributed by atoms with Crippen molar-refractivity contribution < 1.29 is 4.79 Å². The van der Waals surface area contributed by atoms with Crippen LogP contribution in [-0.2, 0) is 11.2 Å². The van der Waals surface area contributed by atoms with E-state index in [4.69, 9.17) is 23.2 Å². The normalized spacial score (nSPS) is 17.6. The first kappa shape index (κ1) is 15.9. The van der Waals surface area contributed by atoms with Crippen molar-refractivity contribution in [1.29, 1.82) is 0 Å². The molecular weight excluding hydrogens is 291 g/mol. The van der Waals surface area contributed by atoms with Crippen LogP contribution < -0.4 is 0 Å². The van der Waals surface area contributed by atoms with Crippen LogP contribution in [0.5, 0.6) is 0 Å². The van der Waals surface area contributed by atoms with Crippen LogP contribution in [0.25, 0.3) is 0 Å². The van der Waals surface area contributed by atoms with Gasteiger partial charge in [0.1, 0.15) is 5.78 Å². The highest BCUT2D eigenvalue weighted by atomic mass is 35.5. The van der Waals surface area contributed by atoms with Crippen LogP contribution in [0.15, 0.2) is 18.2 Å². The SMILES string of the molecule is CC(C)CC1(C(=O)Cc2ccc(Cl)cc2Cl)CCCC1. The van der Waals surface area contributed by atoms with Crippen LogP contribution in [0.4, 0.5) is 0 Å². The Balaban J connectivity index is 2.16. The van der Waals surface area contributed by atoms with Gasteiger partial charge in [0.15, 0.2) is 0 Å². The van der Waals surface area contributed by atoms with Crippen molar-refractivity contribution >= 4 is 29.0 Å². The van der Waals surface area contributed by atoms with Crippen LogP contribution in [-0.4, -0.2) is 5.78 Å². The zero-order valence-corrected chi connectivity index (χ0v) is 13.7. The first-order chi connectivity index (χ1) is 9.43. The molecule has 0 aliphatic heterocycles. The first-order valence-corrected chi connectivity index (χ1v) is 8.16. The van der Waals surface area contributed by atoms with Crippen molar-refractivity contribution in [2.75, 3.05) is 0 Å². The van der Waals surface area contributed by atoms with Crippen LogP contribution in [0.3, 0.4) is 0 Å². The molecule has 0 bridgehead atoms. The topological polar surface area (TPSA) is 17.1 Å². The van der Waals surface area contributed by atoms with Crippen LogP contribution in [0, 0.1) is 11.3 Å². The lowest BCUT2D eigenvalue weighted by Crippen LogP contribution is -2.31. The number of benzene rings is 1. The van der Waals surface area contributed by atoms with Crippen LogP contribution in [0.1, 0.15) is 51.5 Å². The van der Waals surface area contributed by atoms with E-state index in [9.17, 15) is 4.79 Å². The van der Waals surface area contributed by atoms with Crippen molar-refractivity contribution in [3.63, 3.8) is 0 Å². The molecule has 0 heterocycles. The Hall–Kier alpha value is -0.530. The second-order valence-corrected chi connectivity index (χ2v) is 7.26. The molecular formula is C17H22Cl2O. The molecule has 0 saturated heterocycles. The van der Waals surface area contributed by atoms with E-state index in [0.29, 0.717) is 28.2 Å². The van der Waals surface area contributed by atoms with Crippen molar-refractivity contribution in [2.24, 2.45) is 11.3 Å². The molecule has 0 radical (unpaired) electrons. The van der Waals surface area contributed by atoms with E-state index < -0.39 is 0 Å². The van der Waals surface area contributed by atoms with Gasteiger partial charge in [-0.15, -0.1) is 0 Å². The van der Waals surface area contributed by atoms with E-state index in [1.54, 1.807) is 12.1 Å². The average Bonchev–Trinajstić information content (AvgIpc) is 2.81. The summed E-state index contributed by atoms with van der Waals surface area (Å²) < 4.78 is 0. The number of hydrogen-bond acceptors (Lipinski definition) is 1. The van der Waals surface area contributed by atoms with Gasteiger partial charge in [0, 0.05) is 21.9 Å². The maximum absolute atomic E-state index is 12.8. The maximum Gasteiger partial charge on any atom is 0.143 e. The predicted molar refractivity (Wildman–Crippen MR) is 85.5 cm³/mol. The summed E-state index contributed by atoms with van der Waals surface area (Å²) in [5.41, 5.74) is 0.785. The summed E-state index contributed by atoms with van der Waals surface area (Å²) in [5.74, 6) is 0.908. The summed E-state index contributed by atoms with van der Waals surface area (Å²) in [6, 6.07) is 5.40. The molecule has 0 spiro atoms. The van der Waals surface area contributed by atoms with Crippen molar-refractivity contribution in [2.45, 2.75) is 52.4 Å². The highest BCUT2D eigenvalue weighted by molar-refractivity contribution is 6.35. The molecule has 1 aromatic rings. The Kier molecular flexibility index (Phi) is 5.14. The molecule has 0 atom stereocenters. The number of carbonyl (C=O) groups excluding carboxylic acids is 1. The smallest absolute Gasteiger partial charge is 0.143 e. The minimum absolute atomic E-state index is 0.114. The number of ketones is 1. The van der Waals surface area contributed by atoms with Gasteiger partial charge < -0.3 is 0 Å². The molecule has 1 nitrogen and oxygen atoms in total. The van der Waals surface area contributed by atoms with E-state index in [0.717, 1.165) is 24.8 Å². The zero-order valence-electron chi connectivity index (χ0n) is 12.2. The number of carbonyl (C=O) groups is 1. The Labute approximate surface area is 131 Å². The minimum Gasteiger partial charge on any atom is -0.299 e. The lowest BCUT2D eigenvalue weighted by atomic mass is 9.73. The second kappa shape index (κ2) is 6.49. The minimum atomic E-state index is -0.114. The van der Waals surface area contributed by atoms with Gasteiger partial charge in [-0.1, -0.05) is 56.0 Å². The summed E-state index contributed by atoms with van der Waals surface area (Å²) in [7, 11) is 0. The Bertz CT molecular complexity index is 488. The summed E-state index contributed by atoms with van der Waals surface area (Å²) in [5, 5.41) is 1.22. The second-order valence-electron chi connectivity index (χ2n) is 6.42. The molecule has 1 aliphatic carbocycles. The van der Waals surface area contributed by atoms with Gasteiger partial charge in [-0.05, 0) is 42.9 Å². The summed E-state index contributed by atoms with van der Waals surface area (Å²) in [6.07, 6.45) is 5.85. The molecule has 3 heteroatoms. The number of hydrogen-bond donors (Lipinski definition) is 0. The molecule has 2 rings (SSSR count). The van der Waals surface area contributed by atoms with Gasteiger partial charge in [0.2, 0.25) is 0 Å². The van der Waals surface area contributed by atoms with Gasteiger partial charge in [-0.2, -0.15) is 0 Å². The molecule has 0 unspecified atom stereocenters. The monoisotopic (exact) mass is 312 g/mol. The summed E-state index contributed by atoms with van der Waals surface area (Å²) in [6.45, 7) is 4.39. The molecule has 1 saturated carbocycles. The fraction of sp³-hybridized carbons (Fsp3) is 0.588. The molecule has 0 aromatic heterocycles. The predicted octanol–water partition coefficient (Wildman–Crippen LogP) is 5.71. The van der Waals surface area contributed by atoms with Gasteiger partial charge in [0.05, 0.1) is 0 Å². The highest BCUT2D eigenvalue weighted by Gasteiger charge is 2.40. The molecule has 1 aliphatic rings. The Morgan fingerprint density at radius 2 is 1.90 bits per heavy atom. The van der Waals surface area contributed by atoms with Crippen LogP contribution >= 0.6 is 23.2 Å². The highest BCUT2D eigenvalue weighted by Crippen LogP contribution is 2.44. The summed E-state index contributed by atoms with van der Waals surface area (Å²) in [4.78, 5) is 12.8. The van der Waals surface area contributed by atoms with E-state index >= 15 is 0 Å². The average molecular weight is 313 g/mol.